The van der Waals surface area contributed by atoms with Gasteiger partial charge in [0.25, 0.3) is 0 Å². The van der Waals surface area contributed by atoms with Crippen LogP contribution in [0.25, 0.3) is 0 Å². The summed E-state index contributed by atoms with van der Waals surface area (Å²) in [7, 11) is 1.64. The van der Waals surface area contributed by atoms with Crippen molar-refractivity contribution in [2.45, 2.75) is 50.8 Å². The number of allylic oxidation sites excluding steroid dienone is 1. The van der Waals surface area contributed by atoms with E-state index in [9.17, 15) is 5.11 Å². The lowest BCUT2D eigenvalue weighted by atomic mass is 10.1. The third-order valence-electron chi connectivity index (χ3n) is 5.12. The van der Waals surface area contributed by atoms with E-state index in [0.29, 0.717) is 26.2 Å². The van der Waals surface area contributed by atoms with Crippen LogP contribution in [0.2, 0.25) is 0 Å². The van der Waals surface area contributed by atoms with Gasteiger partial charge in [-0.3, -0.25) is 0 Å². The van der Waals surface area contributed by atoms with E-state index in [1.807, 2.05) is 42.5 Å². The van der Waals surface area contributed by atoms with Crippen LogP contribution >= 0.6 is 0 Å². The third-order valence-corrected chi connectivity index (χ3v) is 5.12. The molecule has 0 aromatic heterocycles. The zero-order valence-corrected chi connectivity index (χ0v) is 17.6. The van der Waals surface area contributed by atoms with E-state index in [0.717, 1.165) is 29.7 Å². The summed E-state index contributed by atoms with van der Waals surface area (Å²) in [6, 6.07) is 17.8. The Kier molecular flexibility index (Phi) is 9.38. The fourth-order valence-electron chi connectivity index (χ4n) is 3.38. The van der Waals surface area contributed by atoms with E-state index in [1.165, 1.54) is 0 Å². The van der Waals surface area contributed by atoms with Gasteiger partial charge in [0.2, 0.25) is 0 Å². The number of hydrogen-bond donors (Lipinski definition) is 1. The highest BCUT2D eigenvalue weighted by molar-refractivity contribution is 5.26. The van der Waals surface area contributed by atoms with Crippen LogP contribution in [-0.2, 0) is 27.4 Å². The van der Waals surface area contributed by atoms with Crippen molar-refractivity contribution in [2.24, 2.45) is 0 Å². The molecule has 5 nitrogen and oxygen atoms in total. The Morgan fingerprint density at radius 1 is 0.967 bits per heavy atom. The van der Waals surface area contributed by atoms with Crippen molar-refractivity contribution in [3.05, 3.63) is 77.9 Å². The number of benzene rings is 2. The van der Waals surface area contributed by atoms with Crippen molar-refractivity contribution in [1.82, 2.24) is 0 Å². The molecule has 2 aromatic rings. The molecule has 0 saturated carbocycles. The third kappa shape index (κ3) is 7.58. The van der Waals surface area contributed by atoms with Crippen molar-refractivity contribution in [1.29, 1.82) is 0 Å². The molecule has 1 aliphatic heterocycles. The molecular formula is C25H32O5. The Hall–Kier alpha value is -2.18. The number of ether oxygens (including phenoxy) is 4. The van der Waals surface area contributed by atoms with Gasteiger partial charge in [0.05, 0.1) is 45.7 Å². The molecule has 1 N–H and O–H groups in total. The van der Waals surface area contributed by atoms with Crippen molar-refractivity contribution < 1.29 is 24.1 Å². The van der Waals surface area contributed by atoms with Crippen LogP contribution in [0.1, 0.15) is 30.4 Å². The molecule has 3 atom stereocenters. The van der Waals surface area contributed by atoms with Gasteiger partial charge in [0.15, 0.2) is 0 Å². The summed E-state index contributed by atoms with van der Waals surface area (Å²) < 4.78 is 23.0. The maximum absolute atomic E-state index is 10.6. The first-order chi connectivity index (χ1) is 14.7. The summed E-state index contributed by atoms with van der Waals surface area (Å²) in [4.78, 5) is 0. The minimum absolute atomic E-state index is 0.0418. The molecule has 30 heavy (non-hydrogen) atoms. The topological polar surface area (TPSA) is 57.2 Å². The van der Waals surface area contributed by atoms with Crippen LogP contribution in [0, 0.1) is 0 Å². The first kappa shape index (κ1) is 22.5. The Bertz CT molecular complexity index is 744. The van der Waals surface area contributed by atoms with Gasteiger partial charge in [-0.2, -0.15) is 0 Å². The summed E-state index contributed by atoms with van der Waals surface area (Å²) in [5.74, 6) is 0.814. The van der Waals surface area contributed by atoms with Gasteiger partial charge in [-0.05, 0) is 42.5 Å². The molecule has 2 aromatic carbocycles. The molecule has 1 aliphatic rings. The molecular weight excluding hydrogens is 380 g/mol. The van der Waals surface area contributed by atoms with Gasteiger partial charge < -0.3 is 24.1 Å². The highest BCUT2D eigenvalue weighted by atomic mass is 16.6. The largest absolute Gasteiger partial charge is 0.497 e. The molecule has 0 bridgehead atoms. The summed E-state index contributed by atoms with van der Waals surface area (Å²) >= 11 is 0. The molecule has 162 valence electrons. The van der Waals surface area contributed by atoms with Gasteiger partial charge in [-0.15, -0.1) is 0 Å². The minimum atomic E-state index is -0.692. The Morgan fingerprint density at radius 2 is 1.70 bits per heavy atom. The van der Waals surface area contributed by atoms with Crippen molar-refractivity contribution in [2.75, 3.05) is 20.3 Å². The minimum Gasteiger partial charge on any atom is -0.497 e. The monoisotopic (exact) mass is 412 g/mol. The molecule has 0 radical (unpaired) electrons. The van der Waals surface area contributed by atoms with E-state index in [1.54, 1.807) is 7.11 Å². The molecule has 0 saturated heterocycles. The van der Waals surface area contributed by atoms with Gasteiger partial charge in [-0.25, -0.2) is 0 Å². The highest BCUT2D eigenvalue weighted by Gasteiger charge is 2.24. The predicted octanol–water partition coefficient (Wildman–Crippen LogP) is 4.28. The average Bonchev–Trinajstić information content (AvgIpc) is 2.76. The Labute approximate surface area is 179 Å². The normalized spacial score (nSPS) is 21.4. The number of aliphatic hydroxyl groups excluding tert-OH is 1. The standard InChI is InChI=1S/C25H32O5/c1-27-22-14-12-21(13-15-22)17-29-19-24(26)25-11-7-3-6-10-23(30-25)18-28-16-20-8-4-2-5-9-20/h2-5,7-9,12-15,23-26H,6,10-11,16-19H2,1H3/b7-3-/t23-,24-,25-/m0/s1. The van der Waals surface area contributed by atoms with Crippen molar-refractivity contribution in [3.8, 4) is 5.75 Å². The molecule has 3 rings (SSSR count). The molecule has 0 unspecified atom stereocenters. The maximum Gasteiger partial charge on any atom is 0.118 e. The van der Waals surface area contributed by atoms with Crippen LogP contribution in [0.4, 0.5) is 0 Å². The molecule has 0 aliphatic carbocycles. The second-order valence-corrected chi connectivity index (χ2v) is 7.51. The number of hydrogen-bond acceptors (Lipinski definition) is 5. The predicted molar refractivity (Wildman–Crippen MR) is 116 cm³/mol. The van der Waals surface area contributed by atoms with Crippen LogP contribution in [0.5, 0.6) is 5.75 Å². The van der Waals surface area contributed by atoms with Gasteiger partial charge in [0, 0.05) is 0 Å². The van der Waals surface area contributed by atoms with E-state index in [-0.39, 0.29) is 18.8 Å². The summed E-state index contributed by atoms with van der Waals surface area (Å²) in [5, 5.41) is 10.6. The molecule has 0 amide bonds. The first-order valence-electron chi connectivity index (χ1n) is 10.6. The number of methoxy groups -OCH3 is 1. The van der Waals surface area contributed by atoms with Gasteiger partial charge in [0.1, 0.15) is 11.9 Å². The van der Waals surface area contributed by atoms with E-state index in [2.05, 4.69) is 24.3 Å². The lowest BCUT2D eigenvalue weighted by Crippen LogP contribution is -2.37. The second kappa shape index (κ2) is 12.5. The maximum atomic E-state index is 10.6. The quantitative estimate of drug-likeness (QED) is 0.590. The fraction of sp³-hybridized carbons (Fsp3) is 0.440. The van der Waals surface area contributed by atoms with Crippen LogP contribution in [-0.4, -0.2) is 43.7 Å². The second-order valence-electron chi connectivity index (χ2n) is 7.51. The van der Waals surface area contributed by atoms with Crippen LogP contribution in [0.3, 0.4) is 0 Å². The number of aliphatic hydroxyl groups is 1. The van der Waals surface area contributed by atoms with E-state index < -0.39 is 6.10 Å². The Morgan fingerprint density at radius 3 is 2.47 bits per heavy atom. The van der Waals surface area contributed by atoms with Crippen LogP contribution < -0.4 is 4.74 Å². The van der Waals surface area contributed by atoms with E-state index in [4.69, 9.17) is 18.9 Å². The lowest BCUT2D eigenvalue weighted by Gasteiger charge is -2.29. The average molecular weight is 413 g/mol. The molecule has 0 fully saturated rings. The highest BCUT2D eigenvalue weighted by Crippen LogP contribution is 2.18. The first-order valence-corrected chi connectivity index (χ1v) is 10.6. The smallest absolute Gasteiger partial charge is 0.118 e. The van der Waals surface area contributed by atoms with E-state index >= 15 is 0 Å². The Balaban J connectivity index is 1.43. The van der Waals surface area contributed by atoms with Gasteiger partial charge >= 0.3 is 0 Å². The molecule has 5 heteroatoms. The molecule has 1 heterocycles. The van der Waals surface area contributed by atoms with Crippen molar-refractivity contribution >= 4 is 0 Å². The number of rotatable bonds is 10. The fourth-order valence-corrected chi connectivity index (χ4v) is 3.38. The lowest BCUT2D eigenvalue weighted by molar-refractivity contribution is -0.122. The van der Waals surface area contributed by atoms with Gasteiger partial charge in [-0.1, -0.05) is 54.6 Å². The van der Waals surface area contributed by atoms with Crippen LogP contribution in [0.15, 0.2) is 66.7 Å². The zero-order chi connectivity index (χ0) is 21.0. The zero-order valence-electron chi connectivity index (χ0n) is 17.6. The summed E-state index contributed by atoms with van der Waals surface area (Å²) in [6.07, 6.45) is 5.70. The van der Waals surface area contributed by atoms with Crippen molar-refractivity contribution in [3.63, 3.8) is 0 Å². The summed E-state index contributed by atoms with van der Waals surface area (Å²) in [6.45, 7) is 1.74. The molecule has 0 spiro atoms. The SMILES string of the molecule is COc1ccc(COC[C@H](O)[C@@H]2C/C=C\CC[C@@H](COCc3ccccc3)O2)cc1. The summed E-state index contributed by atoms with van der Waals surface area (Å²) in [5.41, 5.74) is 2.18.